The molecular formula is C36H33FN2O7S. The van der Waals surface area contributed by atoms with Gasteiger partial charge in [-0.2, -0.15) is 10.5 Å². The third kappa shape index (κ3) is 4.55. The Bertz CT molecular complexity index is 1860. The number of aromatic carboxylic acids is 1. The number of carbonyl (C=O) groups excluding carboxylic acids is 2. The van der Waals surface area contributed by atoms with Crippen molar-refractivity contribution >= 4 is 28.6 Å². The molecule has 4 aliphatic carbocycles. The minimum Gasteiger partial charge on any atom is -0.506 e. The van der Waals surface area contributed by atoms with Gasteiger partial charge in [-0.15, -0.1) is 0 Å². The van der Waals surface area contributed by atoms with Crippen molar-refractivity contribution in [1.82, 2.24) is 0 Å². The molecule has 0 saturated heterocycles. The van der Waals surface area contributed by atoms with Gasteiger partial charge in [0.05, 0.1) is 34.5 Å². The Kier molecular flexibility index (Phi) is 7.85. The Balaban J connectivity index is 1.50. The van der Waals surface area contributed by atoms with Crippen LogP contribution in [0, 0.1) is 45.3 Å². The highest BCUT2D eigenvalue weighted by Gasteiger charge is 2.74. The number of fused-ring (bicyclic) bond motifs is 5. The van der Waals surface area contributed by atoms with Crippen molar-refractivity contribution in [1.29, 1.82) is 10.5 Å². The van der Waals surface area contributed by atoms with Crippen LogP contribution in [-0.4, -0.2) is 49.7 Å². The van der Waals surface area contributed by atoms with Crippen LogP contribution in [0.25, 0.3) is 0 Å². The Morgan fingerprint density at radius 2 is 1.83 bits per heavy atom. The van der Waals surface area contributed by atoms with E-state index in [9.17, 15) is 35.0 Å². The fourth-order valence-electron chi connectivity index (χ4n) is 9.28. The molecule has 9 nitrogen and oxygen atoms in total. The highest BCUT2D eigenvalue weighted by atomic mass is 32.2. The summed E-state index contributed by atoms with van der Waals surface area (Å²) in [7, 11) is 0. The molecule has 0 amide bonds. The number of carboxylic acids is 1. The number of carbonyl (C=O) groups is 3. The number of benzene rings is 2. The van der Waals surface area contributed by atoms with Gasteiger partial charge in [-0.05, 0) is 98.4 Å². The molecule has 0 aliphatic heterocycles. The first-order valence-corrected chi connectivity index (χ1v) is 16.4. The van der Waals surface area contributed by atoms with Gasteiger partial charge in [0.1, 0.15) is 23.3 Å². The van der Waals surface area contributed by atoms with Crippen LogP contribution in [0.5, 0.6) is 17.2 Å². The molecule has 2 aromatic rings. The zero-order chi connectivity index (χ0) is 33.9. The number of halogens is 1. The summed E-state index contributed by atoms with van der Waals surface area (Å²) in [6.45, 7) is 3.53. The Hall–Kier alpha value is -4.45. The lowest BCUT2D eigenvalue weighted by Crippen LogP contribution is -2.68. The lowest BCUT2D eigenvalue weighted by Gasteiger charge is -2.63. The lowest BCUT2D eigenvalue weighted by atomic mass is 9.43. The number of hydrogen-bond donors (Lipinski definition) is 3. The van der Waals surface area contributed by atoms with Gasteiger partial charge in [0, 0.05) is 17.4 Å². The number of rotatable bonds is 6. The summed E-state index contributed by atoms with van der Waals surface area (Å²) in [5.74, 6) is -2.84. The topological polar surface area (TPSA) is 169 Å². The van der Waals surface area contributed by atoms with Crippen LogP contribution in [0.15, 0.2) is 60.2 Å². The van der Waals surface area contributed by atoms with Crippen LogP contribution in [0.3, 0.4) is 0 Å². The molecule has 7 atom stereocenters. The molecule has 0 spiro atoms. The summed E-state index contributed by atoms with van der Waals surface area (Å²) in [6.07, 6.45) is 3.93. The summed E-state index contributed by atoms with van der Waals surface area (Å²) < 4.78 is 23.8. The van der Waals surface area contributed by atoms with E-state index in [1.165, 1.54) is 48.6 Å². The standard InChI is InChI=1S/C36H33FN2O7S/c1-33-11-9-22(40)15-21(33)4-8-27-26-10-12-35(32(45)47-14-13-38,34(26,2)18-30(42)36(27,33)37)28-16-23(6-7-25(28)31(43)44)46-24-5-3-20(19-39)29(41)17-24/h3,5-7,9,11,15-17,26-27,30,41-42H,4,8,10,12,14,18H2,1-2H3,(H,43,44)/t26-,27-,30-,33-,34-,35+,36-/m0/s1. The maximum absolute atomic E-state index is 17.8. The molecule has 4 aliphatic rings. The number of nitriles is 2. The van der Waals surface area contributed by atoms with Gasteiger partial charge in [-0.3, -0.25) is 9.59 Å². The van der Waals surface area contributed by atoms with Crippen molar-refractivity contribution in [2.75, 3.05) is 5.75 Å². The molecule has 3 saturated carbocycles. The van der Waals surface area contributed by atoms with Crippen LogP contribution in [-0.2, 0) is 15.0 Å². The molecule has 11 heteroatoms. The maximum Gasteiger partial charge on any atom is 0.336 e. The first-order chi connectivity index (χ1) is 22.3. The maximum atomic E-state index is 17.8. The molecule has 6 rings (SSSR count). The number of ketones is 1. The van der Waals surface area contributed by atoms with Gasteiger partial charge < -0.3 is 20.1 Å². The number of allylic oxidation sites excluding steroid dienone is 4. The van der Waals surface area contributed by atoms with Crippen molar-refractivity contribution in [2.24, 2.45) is 22.7 Å². The molecule has 0 heterocycles. The van der Waals surface area contributed by atoms with E-state index in [0.29, 0.717) is 24.8 Å². The van der Waals surface area contributed by atoms with Gasteiger partial charge in [0.25, 0.3) is 0 Å². The van der Waals surface area contributed by atoms with Gasteiger partial charge in [0.15, 0.2) is 11.5 Å². The lowest BCUT2D eigenvalue weighted by molar-refractivity contribution is -0.197. The molecule has 3 fully saturated rings. The predicted molar refractivity (Wildman–Crippen MR) is 169 cm³/mol. The number of nitrogens with zero attached hydrogens (tertiary/aromatic N) is 2. The van der Waals surface area contributed by atoms with Gasteiger partial charge >= 0.3 is 5.97 Å². The second kappa shape index (κ2) is 11.4. The quantitative estimate of drug-likeness (QED) is 0.328. The molecule has 3 N–H and O–H groups in total. The van der Waals surface area contributed by atoms with Gasteiger partial charge in [-0.25, -0.2) is 9.18 Å². The van der Waals surface area contributed by atoms with E-state index in [1.807, 2.05) is 19.1 Å². The van der Waals surface area contributed by atoms with Crippen molar-refractivity contribution in [3.05, 3.63) is 76.9 Å². The Labute approximate surface area is 275 Å². The first kappa shape index (κ1) is 32.5. The molecule has 2 aromatic carbocycles. The molecule has 0 unspecified atom stereocenters. The summed E-state index contributed by atoms with van der Waals surface area (Å²) in [6, 6.07) is 12.2. The highest BCUT2D eigenvalue weighted by Crippen LogP contribution is 2.72. The van der Waals surface area contributed by atoms with E-state index in [1.54, 1.807) is 13.0 Å². The van der Waals surface area contributed by atoms with Crippen LogP contribution in [0.2, 0.25) is 0 Å². The fraction of sp³-hybridized carbons (Fsp3) is 0.417. The molecular weight excluding hydrogens is 623 g/mol. The number of carboxylic acid groups (broad SMARTS) is 1. The minimum atomic E-state index is -2.14. The number of thioether (sulfide) groups is 1. The van der Waals surface area contributed by atoms with E-state index in [0.717, 1.165) is 11.8 Å². The van der Waals surface area contributed by atoms with Crippen molar-refractivity contribution in [3.8, 4) is 29.4 Å². The third-order valence-electron chi connectivity index (χ3n) is 11.5. The normalized spacial score (nSPS) is 33.8. The predicted octanol–water partition coefficient (Wildman–Crippen LogP) is 6.15. The van der Waals surface area contributed by atoms with Crippen LogP contribution >= 0.6 is 11.8 Å². The summed E-state index contributed by atoms with van der Waals surface area (Å²) in [4.78, 5) is 39.5. The van der Waals surface area contributed by atoms with Crippen molar-refractivity contribution < 1.29 is 38.8 Å². The van der Waals surface area contributed by atoms with E-state index in [4.69, 9.17) is 10.00 Å². The van der Waals surface area contributed by atoms with Gasteiger partial charge in [0.2, 0.25) is 5.12 Å². The number of aliphatic hydroxyl groups excluding tert-OH is 1. The average molecular weight is 657 g/mol. The Morgan fingerprint density at radius 1 is 1.11 bits per heavy atom. The van der Waals surface area contributed by atoms with E-state index in [2.05, 4.69) is 0 Å². The first-order valence-electron chi connectivity index (χ1n) is 15.4. The van der Waals surface area contributed by atoms with Gasteiger partial charge in [-0.1, -0.05) is 30.3 Å². The number of phenolic OH excluding ortho intramolecular Hbond substituents is 1. The Morgan fingerprint density at radius 3 is 2.51 bits per heavy atom. The molecule has 47 heavy (non-hydrogen) atoms. The number of hydrogen-bond acceptors (Lipinski definition) is 9. The van der Waals surface area contributed by atoms with Crippen molar-refractivity contribution in [3.63, 3.8) is 0 Å². The number of aliphatic hydroxyl groups is 1. The zero-order valence-electron chi connectivity index (χ0n) is 25.8. The highest BCUT2D eigenvalue weighted by molar-refractivity contribution is 8.14. The third-order valence-corrected chi connectivity index (χ3v) is 12.3. The smallest absolute Gasteiger partial charge is 0.336 e. The van der Waals surface area contributed by atoms with E-state index in [-0.39, 0.29) is 58.3 Å². The molecule has 0 radical (unpaired) electrons. The minimum absolute atomic E-state index is 0.0394. The van der Waals surface area contributed by atoms with E-state index < -0.39 is 50.9 Å². The largest absolute Gasteiger partial charge is 0.506 e. The number of ether oxygens (including phenoxy) is 1. The second-order valence-corrected chi connectivity index (χ2v) is 14.3. The number of aromatic hydroxyl groups is 1. The van der Waals surface area contributed by atoms with E-state index >= 15 is 4.39 Å². The van der Waals surface area contributed by atoms with Crippen molar-refractivity contribution in [2.45, 2.75) is 63.1 Å². The van der Waals surface area contributed by atoms with Crippen LogP contribution in [0.1, 0.15) is 67.4 Å². The summed E-state index contributed by atoms with van der Waals surface area (Å²) in [5.41, 5.74) is -5.40. The second-order valence-electron chi connectivity index (χ2n) is 13.3. The monoisotopic (exact) mass is 656 g/mol. The average Bonchev–Trinajstić information content (AvgIpc) is 3.33. The zero-order valence-corrected chi connectivity index (χ0v) is 26.6. The number of alkyl halides is 1. The fourth-order valence-corrected chi connectivity index (χ4v) is 10.2. The van der Waals surface area contributed by atoms with Crippen LogP contribution < -0.4 is 4.74 Å². The SMILES string of the molecule is C[C@]12C=CC(=O)C=C1CC[C@H]1[C@@H]3CC[C@](C(=O)SCC#N)(c4cc(Oc5ccc(C#N)c(O)c5)ccc4C(=O)O)[C@@]3(C)C[C@H](O)[C@@]12F. The van der Waals surface area contributed by atoms with Crippen LogP contribution in [0.4, 0.5) is 4.39 Å². The summed E-state index contributed by atoms with van der Waals surface area (Å²) in [5, 5.41) is 50.6. The molecule has 0 aromatic heterocycles. The number of phenols is 1. The molecule has 242 valence electrons. The summed E-state index contributed by atoms with van der Waals surface area (Å²) >= 11 is 0.775. The molecule has 0 bridgehead atoms.